The Bertz CT molecular complexity index is 654. The summed E-state index contributed by atoms with van der Waals surface area (Å²) in [4.78, 5) is 11.4. The fraction of sp³-hybridized carbons (Fsp3) is 0.214. The first-order valence-corrected chi connectivity index (χ1v) is 6.57. The lowest BCUT2D eigenvalue weighted by atomic mass is 10.2. The number of hydrogen-bond acceptors (Lipinski definition) is 4. The molecule has 0 radical (unpaired) electrons. The molecule has 2 aromatic rings. The van der Waals surface area contributed by atoms with E-state index in [0.717, 1.165) is 18.7 Å². The topological polar surface area (TPSA) is 55.0 Å². The molecule has 0 atom stereocenters. The molecule has 2 N–H and O–H groups in total. The van der Waals surface area contributed by atoms with Crippen LogP contribution in [0.5, 0.6) is 0 Å². The van der Waals surface area contributed by atoms with E-state index in [1.54, 1.807) is 0 Å². The van der Waals surface area contributed by atoms with Crippen LogP contribution in [0.2, 0.25) is 0 Å². The van der Waals surface area contributed by atoms with Crippen LogP contribution < -0.4 is 10.6 Å². The van der Waals surface area contributed by atoms with Crippen molar-refractivity contribution in [2.75, 3.05) is 11.4 Å². The summed E-state index contributed by atoms with van der Waals surface area (Å²) in [6, 6.07) is 10.1. The summed E-state index contributed by atoms with van der Waals surface area (Å²) in [6.07, 6.45) is 1.01. The molecule has 1 aliphatic rings. The van der Waals surface area contributed by atoms with Gasteiger partial charge in [-0.15, -0.1) is 0 Å². The van der Waals surface area contributed by atoms with Crippen LogP contribution in [0.1, 0.15) is 17.0 Å². The molecule has 1 aromatic heterocycles. The van der Waals surface area contributed by atoms with E-state index in [-0.39, 0.29) is 0 Å². The Morgan fingerprint density at radius 1 is 1.32 bits per heavy atom. The summed E-state index contributed by atoms with van der Waals surface area (Å²) in [5.41, 5.74) is 9.66. The van der Waals surface area contributed by atoms with Crippen molar-refractivity contribution in [3.8, 4) is 0 Å². The molecule has 3 rings (SSSR count). The van der Waals surface area contributed by atoms with E-state index in [9.17, 15) is 0 Å². The van der Waals surface area contributed by atoms with Crippen molar-refractivity contribution in [2.45, 2.75) is 13.3 Å². The zero-order valence-corrected chi connectivity index (χ0v) is 11.4. The van der Waals surface area contributed by atoms with Crippen molar-refractivity contribution in [3.05, 3.63) is 47.3 Å². The van der Waals surface area contributed by atoms with Crippen LogP contribution in [0.3, 0.4) is 0 Å². The molecule has 0 amide bonds. The molecule has 1 aromatic carbocycles. The van der Waals surface area contributed by atoms with Gasteiger partial charge in [0.25, 0.3) is 0 Å². The summed E-state index contributed by atoms with van der Waals surface area (Å²) < 4.78 is 0. The van der Waals surface area contributed by atoms with Gasteiger partial charge in [0.2, 0.25) is 5.95 Å². The molecule has 1 aliphatic heterocycles. The van der Waals surface area contributed by atoms with E-state index >= 15 is 0 Å². The number of rotatable bonds is 2. The lowest BCUT2D eigenvalue weighted by Crippen LogP contribution is -2.20. The van der Waals surface area contributed by atoms with Gasteiger partial charge in [-0.2, -0.15) is 0 Å². The van der Waals surface area contributed by atoms with Gasteiger partial charge < -0.3 is 10.6 Å². The molecular formula is C14H14N4S. The Hall–Kier alpha value is -2.01. The molecule has 96 valence electrons. The number of aryl methyl sites for hydroxylation is 1. The predicted molar refractivity (Wildman–Crippen MR) is 79.8 cm³/mol. The highest BCUT2D eigenvalue weighted by Gasteiger charge is 2.22. The van der Waals surface area contributed by atoms with Crippen molar-refractivity contribution in [3.63, 3.8) is 0 Å². The fourth-order valence-electron chi connectivity index (χ4n) is 2.35. The molecule has 5 heteroatoms. The summed E-state index contributed by atoms with van der Waals surface area (Å²) in [6.45, 7) is 2.81. The van der Waals surface area contributed by atoms with Crippen molar-refractivity contribution < 1.29 is 0 Å². The molecule has 0 bridgehead atoms. The van der Waals surface area contributed by atoms with Crippen LogP contribution in [0.25, 0.3) is 0 Å². The highest BCUT2D eigenvalue weighted by atomic mass is 32.1. The van der Waals surface area contributed by atoms with Gasteiger partial charge in [-0.3, -0.25) is 0 Å². The number of anilines is 2. The molecule has 0 aliphatic carbocycles. The summed E-state index contributed by atoms with van der Waals surface area (Å²) in [5, 5.41) is 0. The number of nitrogens with zero attached hydrogens (tertiary/aromatic N) is 3. The highest BCUT2D eigenvalue weighted by Crippen LogP contribution is 2.32. The second kappa shape index (κ2) is 4.59. The quantitative estimate of drug-likeness (QED) is 0.847. The third kappa shape index (κ3) is 2.17. The summed E-state index contributed by atoms with van der Waals surface area (Å²) >= 11 is 5.00. The minimum absolute atomic E-state index is 0.305. The first-order valence-electron chi connectivity index (χ1n) is 6.16. The Morgan fingerprint density at radius 2 is 2.11 bits per heavy atom. The maximum atomic E-state index is 5.67. The van der Waals surface area contributed by atoms with Crippen molar-refractivity contribution >= 4 is 28.8 Å². The zero-order valence-electron chi connectivity index (χ0n) is 10.6. The zero-order chi connectivity index (χ0) is 13.4. The van der Waals surface area contributed by atoms with Crippen LogP contribution in [0.4, 0.5) is 11.6 Å². The lowest BCUT2D eigenvalue weighted by Gasteiger charge is -2.18. The van der Waals surface area contributed by atoms with E-state index in [4.69, 9.17) is 18.0 Å². The van der Waals surface area contributed by atoms with Crippen molar-refractivity contribution in [1.29, 1.82) is 0 Å². The monoisotopic (exact) mass is 270 g/mol. The average molecular weight is 270 g/mol. The van der Waals surface area contributed by atoms with Gasteiger partial charge in [-0.1, -0.05) is 30.4 Å². The van der Waals surface area contributed by atoms with Gasteiger partial charge in [-0.25, -0.2) is 9.97 Å². The van der Waals surface area contributed by atoms with Gasteiger partial charge in [0.1, 0.15) is 10.7 Å². The number of fused-ring (bicyclic) bond motifs is 1. The van der Waals surface area contributed by atoms with Crippen LogP contribution in [-0.2, 0) is 6.42 Å². The number of hydrogen-bond donors (Lipinski definition) is 1. The third-order valence-corrected chi connectivity index (χ3v) is 3.43. The molecule has 0 fully saturated rings. The van der Waals surface area contributed by atoms with Crippen molar-refractivity contribution in [1.82, 2.24) is 9.97 Å². The van der Waals surface area contributed by atoms with Gasteiger partial charge >= 0.3 is 0 Å². The summed E-state index contributed by atoms with van der Waals surface area (Å²) in [5.74, 6) is 0.674. The SMILES string of the molecule is Cc1cc(C(N)=S)nc(N2CCc3ccccc32)n1. The highest BCUT2D eigenvalue weighted by molar-refractivity contribution is 7.80. The van der Waals surface area contributed by atoms with Gasteiger partial charge in [0.15, 0.2) is 0 Å². The molecule has 0 saturated heterocycles. The largest absolute Gasteiger partial charge is 0.388 e. The Labute approximate surface area is 117 Å². The van der Waals surface area contributed by atoms with E-state index in [1.165, 1.54) is 11.3 Å². The van der Waals surface area contributed by atoms with Crippen LogP contribution in [-0.4, -0.2) is 21.5 Å². The average Bonchev–Trinajstić information content (AvgIpc) is 2.81. The first-order chi connectivity index (χ1) is 9.15. The lowest BCUT2D eigenvalue weighted by molar-refractivity contribution is 0.926. The minimum Gasteiger partial charge on any atom is -0.388 e. The normalized spacial score (nSPS) is 13.4. The molecule has 0 spiro atoms. The third-order valence-electron chi connectivity index (χ3n) is 3.22. The number of aromatic nitrogens is 2. The van der Waals surface area contributed by atoms with Crippen LogP contribution in [0.15, 0.2) is 30.3 Å². The number of para-hydroxylation sites is 1. The maximum Gasteiger partial charge on any atom is 0.230 e. The van der Waals surface area contributed by atoms with Gasteiger partial charge in [0.05, 0.1) is 0 Å². The van der Waals surface area contributed by atoms with Crippen LogP contribution in [0, 0.1) is 6.92 Å². The minimum atomic E-state index is 0.305. The van der Waals surface area contributed by atoms with E-state index in [2.05, 4.69) is 33.1 Å². The number of benzene rings is 1. The first kappa shape index (κ1) is 12.0. The Balaban J connectivity index is 2.07. The second-order valence-corrected chi connectivity index (χ2v) is 5.03. The predicted octanol–water partition coefficient (Wildman–Crippen LogP) is 2.11. The van der Waals surface area contributed by atoms with Crippen LogP contribution >= 0.6 is 12.2 Å². The van der Waals surface area contributed by atoms with Gasteiger partial charge in [-0.05, 0) is 31.0 Å². The number of thiocarbonyl (C=S) groups is 1. The molecular weight excluding hydrogens is 256 g/mol. The molecule has 19 heavy (non-hydrogen) atoms. The maximum absolute atomic E-state index is 5.67. The van der Waals surface area contributed by atoms with Crippen molar-refractivity contribution in [2.24, 2.45) is 5.73 Å². The van der Waals surface area contributed by atoms with E-state index in [1.807, 2.05) is 19.1 Å². The Morgan fingerprint density at radius 3 is 2.89 bits per heavy atom. The molecule has 2 heterocycles. The van der Waals surface area contributed by atoms with E-state index < -0.39 is 0 Å². The Kier molecular flexibility index (Phi) is 2.91. The molecule has 0 unspecified atom stereocenters. The van der Waals surface area contributed by atoms with E-state index in [0.29, 0.717) is 16.6 Å². The summed E-state index contributed by atoms with van der Waals surface area (Å²) in [7, 11) is 0. The van der Waals surface area contributed by atoms with Gasteiger partial charge in [0, 0.05) is 17.9 Å². The molecule has 0 saturated carbocycles. The number of nitrogens with two attached hydrogens (primary N) is 1. The fourth-order valence-corrected chi connectivity index (χ4v) is 2.45. The second-order valence-electron chi connectivity index (χ2n) is 4.59. The smallest absolute Gasteiger partial charge is 0.230 e. The standard InChI is InChI=1S/C14H14N4S/c1-9-8-11(13(15)19)17-14(16-9)18-7-6-10-4-2-3-5-12(10)18/h2-5,8H,6-7H2,1H3,(H2,15,19). The molecule has 4 nitrogen and oxygen atoms in total.